The Hall–Kier alpha value is -1.29. The summed E-state index contributed by atoms with van der Waals surface area (Å²) >= 11 is 5.74. The second-order valence-corrected chi connectivity index (χ2v) is 4.07. The van der Waals surface area contributed by atoms with E-state index in [1.54, 1.807) is 6.07 Å². The number of benzene rings is 1. The Bertz CT molecular complexity index is 436. The minimum atomic E-state index is -0.515. The van der Waals surface area contributed by atoms with Crippen LogP contribution >= 0.6 is 11.6 Å². The van der Waals surface area contributed by atoms with Crippen molar-refractivity contribution < 1.29 is 9.18 Å². The molecule has 0 radical (unpaired) electrons. The van der Waals surface area contributed by atoms with Crippen LogP contribution in [0, 0.1) is 5.82 Å². The zero-order valence-corrected chi connectivity index (χ0v) is 9.64. The van der Waals surface area contributed by atoms with Gasteiger partial charge < -0.3 is 10.2 Å². The molecule has 0 atom stereocenters. The number of nitrogens with zero attached hydrogens (tertiary/aromatic N) is 1. The van der Waals surface area contributed by atoms with Gasteiger partial charge in [-0.3, -0.25) is 4.79 Å². The van der Waals surface area contributed by atoms with Crippen LogP contribution in [0.4, 0.5) is 15.8 Å². The summed E-state index contributed by atoms with van der Waals surface area (Å²) in [5.74, 6) is -0.613. The highest BCUT2D eigenvalue weighted by Crippen LogP contribution is 2.33. The molecule has 0 unspecified atom stereocenters. The molecule has 1 aromatic rings. The molecule has 5 heteroatoms. The van der Waals surface area contributed by atoms with E-state index in [9.17, 15) is 9.18 Å². The average molecular weight is 243 g/mol. The summed E-state index contributed by atoms with van der Waals surface area (Å²) in [6.07, 6.45) is 0.405. The van der Waals surface area contributed by atoms with Gasteiger partial charge in [0.05, 0.1) is 16.4 Å². The molecule has 0 bridgehead atoms. The Morgan fingerprint density at radius 3 is 3.00 bits per heavy atom. The molecule has 0 fully saturated rings. The first-order valence-electron chi connectivity index (χ1n) is 5.15. The molecule has 1 aliphatic heterocycles. The highest BCUT2D eigenvalue weighted by atomic mass is 35.5. The molecular formula is C11H12ClFN2O. The summed E-state index contributed by atoms with van der Waals surface area (Å²) in [7, 11) is 0. The average Bonchev–Trinajstić information content (AvgIpc) is 2.38. The number of anilines is 2. The minimum absolute atomic E-state index is 0.0772. The van der Waals surface area contributed by atoms with Crippen LogP contribution in [0.15, 0.2) is 12.1 Å². The Balaban J connectivity index is 2.51. The van der Waals surface area contributed by atoms with Crippen molar-refractivity contribution >= 4 is 28.9 Å². The van der Waals surface area contributed by atoms with Crippen molar-refractivity contribution in [2.45, 2.75) is 13.3 Å². The third-order valence-corrected chi connectivity index (χ3v) is 2.93. The van der Waals surface area contributed by atoms with Crippen molar-refractivity contribution in [1.29, 1.82) is 0 Å². The lowest BCUT2D eigenvalue weighted by Crippen LogP contribution is -2.23. The molecule has 1 aliphatic rings. The summed E-state index contributed by atoms with van der Waals surface area (Å²) < 4.78 is 13.3. The molecule has 0 aromatic heterocycles. The van der Waals surface area contributed by atoms with Crippen LogP contribution in [0.2, 0.25) is 5.02 Å². The third-order valence-electron chi connectivity index (χ3n) is 2.64. The van der Waals surface area contributed by atoms with Gasteiger partial charge in [0.1, 0.15) is 5.82 Å². The standard InChI is InChI=1S/C11H12ClFN2O/c1-2-15-4-3-11(16)14-9-6-8(13)7(12)5-10(9)15/h5-6H,2-4H2,1H3,(H,14,16). The van der Waals surface area contributed by atoms with E-state index in [-0.39, 0.29) is 10.9 Å². The number of halogens is 2. The van der Waals surface area contributed by atoms with E-state index in [1.807, 2.05) is 11.8 Å². The topological polar surface area (TPSA) is 32.3 Å². The first kappa shape index (κ1) is 11.2. The van der Waals surface area contributed by atoms with E-state index in [2.05, 4.69) is 5.32 Å². The Morgan fingerprint density at radius 2 is 2.31 bits per heavy atom. The minimum Gasteiger partial charge on any atom is -0.370 e. The lowest BCUT2D eigenvalue weighted by molar-refractivity contribution is -0.115. The maximum atomic E-state index is 13.3. The van der Waals surface area contributed by atoms with E-state index < -0.39 is 5.82 Å². The summed E-state index contributed by atoms with van der Waals surface area (Å²) in [6, 6.07) is 2.82. The van der Waals surface area contributed by atoms with Crippen molar-refractivity contribution in [3.8, 4) is 0 Å². The molecule has 0 spiro atoms. The van der Waals surface area contributed by atoms with E-state index in [1.165, 1.54) is 6.07 Å². The van der Waals surface area contributed by atoms with Crippen molar-refractivity contribution in [2.75, 3.05) is 23.3 Å². The fourth-order valence-electron chi connectivity index (χ4n) is 1.80. The maximum absolute atomic E-state index is 13.3. The number of hydrogen-bond donors (Lipinski definition) is 1. The fourth-order valence-corrected chi connectivity index (χ4v) is 1.95. The number of carbonyl (C=O) groups excluding carboxylic acids is 1. The molecule has 86 valence electrons. The summed E-state index contributed by atoms with van der Waals surface area (Å²) in [4.78, 5) is 13.4. The van der Waals surface area contributed by atoms with E-state index in [4.69, 9.17) is 11.6 Å². The number of rotatable bonds is 1. The smallest absolute Gasteiger partial charge is 0.226 e. The van der Waals surface area contributed by atoms with Gasteiger partial charge in [-0.15, -0.1) is 0 Å². The Kier molecular flexibility index (Phi) is 3.01. The third kappa shape index (κ3) is 1.97. The highest BCUT2D eigenvalue weighted by molar-refractivity contribution is 6.31. The van der Waals surface area contributed by atoms with Crippen LogP contribution in [0.5, 0.6) is 0 Å². The molecule has 3 nitrogen and oxygen atoms in total. The molecule has 1 heterocycles. The van der Waals surface area contributed by atoms with Crippen LogP contribution in [0.3, 0.4) is 0 Å². The SMILES string of the molecule is CCN1CCC(=O)Nc2cc(F)c(Cl)cc21. The molecule has 0 aliphatic carbocycles. The maximum Gasteiger partial charge on any atom is 0.226 e. The predicted octanol–water partition coefficient (Wildman–Crippen LogP) is 2.65. The lowest BCUT2D eigenvalue weighted by Gasteiger charge is -2.22. The Labute approximate surface area is 98.2 Å². The number of hydrogen-bond acceptors (Lipinski definition) is 2. The lowest BCUT2D eigenvalue weighted by atomic mass is 10.2. The zero-order valence-electron chi connectivity index (χ0n) is 8.89. The summed E-state index contributed by atoms with van der Waals surface area (Å²) in [5, 5.41) is 2.75. The van der Waals surface area contributed by atoms with Crippen molar-refractivity contribution in [1.82, 2.24) is 0 Å². The fraction of sp³-hybridized carbons (Fsp3) is 0.364. The van der Waals surface area contributed by atoms with Crippen LogP contribution in [0.1, 0.15) is 13.3 Å². The van der Waals surface area contributed by atoms with Gasteiger partial charge in [-0.1, -0.05) is 11.6 Å². The van der Waals surface area contributed by atoms with Gasteiger partial charge in [0.2, 0.25) is 5.91 Å². The van der Waals surface area contributed by atoms with Crippen molar-refractivity contribution in [3.05, 3.63) is 23.0 Å². The van der Waals surface area contributed by atoms with Crippen LogP contribution in [-0.4, -0.2) is 19.0 Å². The van der Waals surface area contributed by atoms with Crippen LogP contribution < -0.4 is 10.2 Å². The molecule has 16 heavy (non-hydrogen) atoms. The normalized spacial score (nSPS) is 15.4. The van der Waals surface area contributed by atoms with Crippen LogP contribution in [-0.2, 0) is 4.79 Å². The van der Waals surface area contributed by atoms with Gasteiger partial charge in [-0.05, 0) is 13.0 Å². The summed E-state index contributed by atoms with van der Waals surface area (Å²) in [5.41, 5.74) is 1.27. The quantitative estimate of drug-likeness (QED) is 0.821. The molecule has 1 N–H and O–H groups in total. The number of carbonyl (C=O) groups is 1. The Morgan fingerprint density at radius 1 is 1.56 bits per heavy atom. The zero-order chi connectivity index (χ0) is 11.7. The number of nitrogens with one attached hydrogen (secondary N) is 1. The number of fused-ring (bicyclic) bond motifs is 1. The molecule has 0 saturated heterocycles. The highest BCUT2D eigenvalue weighted by Gasteiger charge is 2.19. The monoisotopic (exact) mass is 242 g/mol. The molecule has 0 saturated carbocycles. The first-order valence-corrected chi connectivity index (χ1v) is 5.53. The van der Waals surface area contributed by atoms with Gasteiger partial charge >= 0.3 is 0 Å². The molecule has 1 aromatic carbocycles. The van der Waals surface area contributed by atoms with Gasteiger partial charge in [0, 0.05) is 25.6 Å². The van der Waals surface area contributed by atoms with E-state index >= 15 is 0 Å². The number of amides is 1. The second-order valence-electron chi connectivity index (χ2n) is 3.66. The summed E-state index contributed by atoms with van der Waals surface area (Å²) in [6.45, 7) is 3.36. The first-order chi connectivity index (χ1) is 7.61. The molecular weight excluding hydrogens is 231 g/mol. The molecule has 2 rings (SSSR count). The van der Waals surface area contributed by atoms with Gasteiger partial charge in [0.25, 0.3) is 0 Å². The van der Waals surface area contributed by atoms with E-state index in [0.29, 0.717) is 18.7 Å². The second kappa shape index (κ2) is 4.29. The largest absolute Gasteiger partial charge is 0.370 e. The van der Waals surface area contributed by atoms with Gasteiger partial charge in [-0.2, -0.15) is 0 Å². The van der Waals surface area contributed by atoms with Crippen molar-refractivity contribution in [2.24, 2.45) is 0 Å². The molecule has 1 amide bonds. The van der Waals surface area contributed by atoms with Gasteiger partial charge in [-0.25, -0.2) is 4.39 Å². The van der Waals surface area contributed by atoms with Crippen molar-refractivity contribution in [3.63, 3.8) is 0 Å². The van der Waals surface area contributed by atoms with Gasteiger partial charge in [0.15, 0.2) is 0 Å². The predicted molar refractivity (Wildman–Crippen MR) is 62.5 cm³/mol. The van der Waals surface area contributed by atoms with E-state index in [0.717, 1.165) is 12.2 Å². The van der Waals surface area contributed by atoms with Crippen LogP contribution in [0.25, 0.3) is 0 Å².